The summed E-state index contributed by atoms with van der Waals surface area (Å²) in [6.45, 7) is 0.751. The lowest BCUT2D eigenvalue weighted by Gasteiger charge is -2.06. The number of hydrogen-bond acceptors (Lipinski definition) is 2. The van der Waals surface area contributed by atoms with Crippen molar-refractivity contribution in [2.24, 2.45) is 0 Å². The van der Waals surface area contributed by atoms with Gasteiger partial charge in [0.15, 0.2) is 6.54 Å². The van der Waals surface area contributed by atoms with Gasteiger partial charge in [0.05, 0.1) is 0 Å². The van der Waals surface area contributed by atoms with Gasteiger partial charge in [0.1, 0.15) is 7.11 Å². The van der Waals surface area contributed by atoms with Crippen LogP contribution in [0.1, 0.15) is 5.56 Å². The highest BCUT2D eigenvalue weighted by atomic mass is 16.7. The van der Waals surface area contributed by atoms with Crippen molar-refractivity contribution >= 4 is 5.69 Å². The average molecular weight is 213 g/mol. The normalized spacial score (nSPS) is 10.6. The maximum Gasteiger partial charge on any atom is 0.219 e. The molecule has 0 aromatic heterocycles. The Balaban J connectivity index is 2.13. The predicted molar refractivity (Wildman–Crippen MR) is 65.4 cm³/mol. The third kappa shape index (κ3) is 2.69. The summed E-state index contributed by atoms with van der Waals surface area (Å²) in [7, 11) is 1.69. The lowest BCUT2D eigenvalue weighted by molar-refractivity contribution is 0.00403. The van der Waals surface area contributed by atoms with Crippen LogP contribution < -0.4 is 5.06 Å². The highest BCUT2D eigenvalue weighted by Gasteiger charge is 2.19. The fraction of sp³-hybridized carbons (Fsp3) is 0.143. The quantitative estimate of drug-likeness (QED) is 0.562. The van der Waals surface area contributed by atoms with Crippen molar-refractivity contribution in [2.45, 2.75) is 6.54 Å². The Kier molecular flexibility index (Phi) is 3.70. The minimum absolute atomic E-state index is 0.751. The standard InChI is InChI=1S/C14H15NO/c1-16-15(14-10-6-3-7-11-14)12-13-8-4-2-5-9-13/h2-11H,12H2,1H3/q+1. The first kappa shape index (κ1) is 10.9. The lowest BCUT2D eigenvalue weighted by atomic mass is 10.2. The van der Waals surface area contributed by atoms with Crippen molar-refractivity contribution in [1.82, 2.24) is 5.06 Å². The first-order valence-corrected chi connectivity index (χ1v) is 5.31. The fourth-order valence-corrected chi connectivity index (χ4v) is 1.60. The van der Waals surface area contributed by atoms with E-state index in [1.54, 1.807) is 7.11 Å². The van der Waals surface area contributed by atoms with Gasteiger partial charge in [-0.15, -0.1) is 4.84 Å². The molecule has 0 fully saturated rings. The summed E-state index contributed by atoms with van der Waals surface area (Å²) in [5.74, 6) is 0. The minimum atomic E-state index is 0.751. The fourth-order valence-electron chi connectivity index (χ4n) is 1.60. The van der Waals surface area contributed by atoms with E-state index in [1.165, 1.54) is 5.56 Å². The maximum atomic E-state index is 5.37. The van der Waals surface area contributed by atoms with E-state index in [0.717, 1.165) is 12.2 Å². The molecule has 0 amide bonds. The summed E-state index contributed by atoms with van der Waals surface area (Å²) < 4.78 is 0. The molecule has 1 radical (unpaired) electrons. The van der Waals surface area contributed by atoms with Crippen molar-refractivity contribution in [3.63, 3.8) is 0 Å². The van der Waals surface area contributed by atoms with Crippen molar-refractivity contribution < 1.29 is 4.84 Å². The van der Waals surface area contributed by atoms with Gasteiger partial charge >= 0.3 is 0 Å². The van der Waals surface area contributed by atoms with Crippen LogP contribution in [0.2, 0.25) is 0 Å². The van der Waals surface area contributed by atoms with E-state index >= 15 is 0 Å². The SMILES string of the molecule is CO[N+](Cc1ccccc1)c1ccccc1. The second-order valence-electron chi connectivity index (χ2n) is 3.54. The van der Waals surface area contributed by atoms with Gasteiger partial charge in [-0.05, 0) is 0 Å². The molecule has 0 unspecified atom stereocenters. The number of anilines is 1. The van der Waals surface area contributed by atoms with Crippen LogP contribution in [0.3, 0.4) is 0 Å². The number of rotatable bonds is 4. The number of para-hydroxylation sites is 1. The summed E-state index contributed by atoms with van der Waals surface area (Å²) in [6.07, 6.45) is 0. The maximum absolute atomic E-state index is 5.37. The first-order valence-electron chi connectivity index (χ1n) is 5.31. The summed E-state index contributed by atoms with van der Waals surface area (Å²) in [4.78, 5) is 5.37. The van der Waals surface area contributed by atoms with Gasteiger partial charge in [0, 0.05) is 22.8 Å². The van der Waals surface area contributed by atoms with Crippen LogP contribution in [0.4, 0.5) is 5.69 Å². The number of hydroxylamine groups is 1. The van der Waals surface area contributed by atoms with Crippen LogP contribution >= 0.6 is 0 Å². The zero-order valence-electron chi connectivity index (χ0n) is 9.34. The van der Waals surface area contributed by atoms with Gasteiger partial charge in [-0.25, -0.2) is 0 Å². The highest BCUT2D eigenvalue weighted by molar-refractivity contribution is 5.37. The number of benzene rings is 2. The molecule has 2 rings (SSSR count). The molecular formula is C14H15NO+. The molecule has 2 nitrogen and oxygen atoms in total. The Labute approximate surface area is 96.0 Å². The second kappa shape index (κ2) is 5.45. The van der Waals surface area contributed by atoms with E-state index in [0.29, 0.717) is 0 Å². The van der Waals surface area contributed by atoms with Crippen molar-refractivity contribution in [3.8, 4) is 0 Å². The Morgan fingerprint density at radius 1 is 0.875 bits per heavy atom. The summed E-state index contributed by atoms with van der Waals surface area (Å²) in [5, 5.41) is 1.87. The third-order valence-electron chi connectivity index (χ3n) is 2.43. The van der Waals surface area contributed by atoms with E-state index in [-0.39, 0.29) is 0 Å². The van der Waals surface area contributed by atoms with Crippen molar-refractivity contribution in [3.05, 3.63) is 66.2 Å². The molecule has 0 aliphatic carbocycles. The van der Waals surface area contributed by atoms with Crippen LogP contribution in [0.25, 0.3) is 0 Å². The molecule has 0 bridgehead atoms. The van der Waals surface area contributed by atoms with Crippen LogP contribution in [-0.2, 0) is 11.4 Å². The highest BCUT2D eigenvalue weighted by Crippen LogP contribution is 2.15. The molecular weight excluding hydrogens is 198 g/mol. The van der Waals surface area contributed by atoms with Crippen molar-refractivity contribution in [1.29, 1.82) is 0 Å². The zero-order chi connectivity index (χ0) is 11.2. The van der Waals surface area contributed by atoms with Gasteiger partial charge < -0.3 is 0 Å². The smallest absolute Gasteiger partial charge is 0.145 e. The van der Waals surface area contributed by atoms with E-state index in [1.807, 2.05) is 53.6 Å². The Bertz CT molecular complexity index is 413. The first-order chi connectivity index (χ1) is 7.90. The summed E-state index contributed by atoms with van der Waals surface area (Å²) >= 11 is 0. The van der Waals surface area contributed by atoms with Crippen LogP contribution in [0, 0.1) is 0 Å². The molecule has 0 saturated heterocycles. The van der Waals surface area contributed by atoms with Crippen molar-refractivity contribution in [2.75, 3.05) is 7.11 Å². The lowest BCUT2D eigenvalue weighted by Crippen LogP contribution is -2.22. The molecule has 2 aromatic carbocycles. The van der Waals surface area contributed by atoms with Crippen LogP contribution in [-0.4, -0.2) is 7.11 Å². The molecule has 0 spiro atoms. The van der Waals surface area contributed by atoms with E-state index in [2.05, 4.69) is 12.1 Å². The molecule has 0 heterocycles. The van der Waals surface area contributed by atoms with Gasteiger partial charge in [-0.2, -0.15) is 0 Å². The molecule has 0 atom stereocenters. The second-order valence-corrected chi connectivity index (χ2v) is 3.54. The van der Waals surface area contributed by atoms with Gasteiger partial charge in [-0.1, -0.05) is 48.5 Å². The topological polar surface area (TPSA) is 15.1 Å². The predicted octanol–water partition coefficient (Wildman–Crippen LogP) is 3.22. The molecule has 0 aliphatic rings. The number of hydrogen-bond donors (Lipinski definition) is 0. The van der Waals surface area contributed by atoms with Crippen LogP contribution in [0.5, 0.6) is 0 Å². The molecule has 2 heteroatoms. The Morgan fingerprint density at radius 3 is 2.00 bits per heavy atom. The molecule has 0 N–H and O–H groups in total. The van der Waals surface area contributed by atoms with Gasteiger partial charge in [0.2, 0.25) is 5.69 Å². The van der Waals surface area contributed by atoms with E-state index in [4.69, 9.17) is 4.84 Å². The minimum Gasteiger partial charge on any atom is -0.145 e. The molecule has 0 saturated carbocycles. The Hall–Kier alpha value is -1.64. The van der Waals surface area contributed by atoms with Gasteiger partial charge in [0.25, 0.3) is 0 Å². The summed E-state index contributed by atoms with van der Waals surface area (Å²) in [5.41, 5.74) is 2.29. The average Bonchev–Trinajstić information content (AvgIpc) is 2.38. The molecule has 16 heavy (non-hydrogen) atoms. The monoisotopic (exact) mass is 213 g/mol. The Morgan fingerprint density at radius 2 is 1.44 bits per heavy atom. The summed E-state index contributed by atoms with van der Waals surface area (Å²) in [6, 6.07) is 20.4. The van der Waals surface area contributed by atoms with E-state index < -0.39 is 0 Å². The molecule has 2 aromatic rings. The number of nitrogens with zero attached hydrogens (tertiary/aromatic N) is 1. The largest absolute Gasteiger partial charge is 0.219 e. The third-order valence-corrected chi connectivity index (χ3v) is 2.43. The molecule has 0 aliphatic heterocycles. The van der Waals surface area contributed by atoms with E-state index in [9.17, 15) is 0 Å². The molecule has 81 valence electrons. The van der Waals surface area contributed by atoms with Crippen LogP contribution in [0.15, 0.2) is 60.7 Å². The zero-order valence-corrected chi connectivity index (χ0v) is 9.34. The van der Waals surface area contributed by atoms with Gasteiger partial charge in [-0.3, -0.25) is 0 Å².